The van der Waals surface area contributed by atoms with Crippen molar-refractivity contribution in [2.24, 2.45) is 0 Å². The summed E-state index contributed by atoms with van der Waals surface area (Å²) in [7, 11) is -2.48. The Morgan fingerprint density at radius 2 is 1.00 bits per heavy atom. The normalized spacial score (nSPS) is 12.0. The fraction of sp³-hybridized carbons (Fsp3) is 0.812. The highest BCUT2D eigenvalue weighted by molar-refractivity contribution is 7.39. The van der Waals surface area contributed by atoms with Gasteiger partial charge in [-0.05, 0) is 29.4 Å². The SMILES string of the molecule is CC(C)(C)c1cc(OP(O)O)c(C(C)(C)C)cc1O.CCCCCCCCCCCCCCCCCCF. The zero-order chi connectivity index (χ0) is 29.0. The van der Waals surface area contributed by atoms with Crippen molar-refractivity contribution >= 4 is 8.60 Å². The molecule has 0 bridgehead atoms. The first kappa shape index (κ1) is 37.1. The molecule has 3 N–H and O–H groups in total. The fourth-order valence-corrected chi connectivity index (χ4v) is 4.89. The molecule has 224 valence electrons. The summed E-state index contributed by atoms with van der Waals surface area (Å²) in [6.45, 7) is 14.0. The molecule has 0 saturated carbocycles. The van der Waals surface area contributed by atoms with Crippen LogP contribution in [0, 0.1) is 0 Å². The molecule has 1 aromatic carbocycles. The van der Waals surface area contributed by atoms with Crippen LogP contribution in [-0.2, 0) is 10.8 Å². The number of phenolic OH excluding ortho intramolecular Hbond substituents is 1. The van der Waals surface area contributed by atoms with E-state index >= 15 is 0 Å². The number of unbranched alkanes of at least 4 members (excludes halogenated alkanes) is 15. The van der Waals surface area contributed by atoms with Crippen molar-refractivity contribution in [3.63, 3.8) is 0 Å². The minimum Gasteiger partial charge on any atom is -0.508 e. The average molecular weight is 559 g/mol. The number of benzene rings is 1. The number of phenols is 1. The molecule has 0 saturated heterocycles. The van der Waals surface area contributed by atoms with Crippen LogP contribution in [0.4, 0.5) is 4.39 Å². The molecule has 6 heteroatoms. The molecule has 0 aromatic heterocycles. The van der Waals surface area contributed by atoms with Crippen molar-refractivity contribution in [2.45, 2.75) is 162 Å². The van der Waals surface area contributed by atoms with Gasteiger partial charge in [-0.15, -0.1) is 0 Å². The van der Waals surface area contributed by atoms with E-state index in [4.69, 9.17) is 14.3 Å². The van der Waals surface area contributed by atoms with Gasteiger partial charge in [-0.25, -0.2) is 0 Å². The summed E-state index contributed by atoms with van der Waals surface area (Å²) in [5, 5.41) is 10.2. The van der Waals surface area contributed by atoms with E-state index in [0.29, 0.717) is 11.3 Å². The molecule has 4 nitrogen and oxygen atoms in total. The maximum Gasteiger partial charge on any atom is 0.391 e. The minimum atomic E-state index is -2.48. The summed E-state index contributed by atoms with van der Waals surface area (Å²) < 4.78 is 17.0. The summed E-state index contributed by atoms with van der Waals surface area (Å²) in [4.78, 5) is 18.2. The van der Waals surface area contributed by atoms with Gasteiger partial charge in [0.1, 0.15) is 11.5 Å². The van der Waals surface area contributed by atoms with Gasteiger partial charge in [-0.3, -0.25) is 4.39 Å². The van der Waals surface area contributed by atoms with E-state index in [1.807, 2.05) is 41.5 Å². The van der Waals surface area contributed by atoms with Crippen molar-refractivity contribution in [3.05, 3.63) is 23.3 Å². The van der Waals surface area contributed by atoms with Crippen LogP contribution >= 0.6 is 8.60 Å². The van der Waals surface area contributed by atoms with Gasteiger partial charge in [-0.1, -0.05) is 145 Å². The molecule has 0 aliphatic rings. The van der Waals surface area contributed by atoms with E-state index in [0.717, 1.165) is 18.4 Å². The molecular weight excluding hydrogens is 498 g/mol. The van der Waals surface area contributed by atoms with Crippen LogP contribution in [0.1, 0.15) is 162 Å². The quantitative estimate of drug-likeness (QED) is 0.124. The lowest BCUT2D eigenvalue weighted by atomic mass is 9.81. The first-order valence-corrected chi connectivity index (χ1v) is 16.3. The second kappa shape index (κ2) is 20.9. The highest BCUT2D eigenvalue weighted by atomic mass is 31.2. The van der Waals surface area contributed by atoms with Crippen LogP contribution in [0.15, 0.2) is 12.1 Å². The Balaban J connectivity index is 0.000000721. The first-order valence-electron chi connectivity index (χ1n) is 15.1. The van der Waals surface area contributed by atoms with Crippen LogP contribution in [0.2, 0.25) is 0 Å². The van der Waals surface area contributed by atoms with Crippen LogP contribution in [0.5, 0.6) is 11.5 Å². The zero-order valence-electron chi connectivity index (χ0n) is 25.8. The Morgan fingerprint density at radius 3 is 1.32 bits per heavy atom. The summed E-state index contributed by atoms with van der Waals surface area (Å²) in [6, 6.07) is 3.34. The summed E-state index contributed by atoms with van der Waals surface area (Å²) in [5.74, 6) is 0.608. The Bertz CT molecular complexity index is 695. The summed E-state index contributed by atoms with van der Waals surface area (Å²) >= 11 is 0. The molecule has 0 fully saturated rings. The van der Waals surface area contributed by atoms with Crippen LogP contribution in [0.25, 0.3) is 0 Å². The largest absolute Gasteiger partial charge is 0.508 e. The molecule has 38 heavy (non-hydrogen) atoms. The van der Waals surface area contributed by atoms with Gasteiger partial charge < -0.3 is 19.4 Å². The molecule has 0 radical (unpaired) electrons. The first-order chi connectivity index (χ1) is 17.8. The molecule has 1 rings (SSSR count). The molecular formula is C32H60FO4P. The predicted molar refractivity (Wildman–Crippen MR) is 163 cm³/mol. The van der Waals surface area contributed by atoms with Gasteiger partial charge >= 0.3 is 8.60 Å². The Morgan fingerprint density at radius 1 is 0.632 bits per heavy atom. The van der Waals surface area contributed by atoms with Gasteiger partial charge in [0, 0.05) is 11.1 Å². The number of rotatable bonds is 18. The van der Waals surface area contributed by atoms with E-state index in [1.165, 1.54) is 89.9 Å². The smallest absolute Gasteiger partial charge is 0.391 e. The topological polar surface area (TPSA) is 69.9 Å². The van der Waals surface area contributed by atoms with Crippen LogP contribution in [0.3, 0.4) is 0 Å². The standard InChI is InChI=1S/C18H37F.C14H23O4P/c1-2-3-4-5-6-7-8-9-10-11-12-13-14-15-16-17-18-19;1-13(2,3)9-8-12(18-19(16)17)10(7-11(9)15)14(4,5)6/h2-18H2,1H3;7-8,15-17H,1-6H3. The molecule has 0 unspecified atom stereocenters. The van der Waals surface area contributed by atoms with Crippen molar-refractivity contribution in [1.82, 2.24) is 0 Å². The van der Waals surface area contributed by atoms with Crippen molar-refractivity contribution in [1.29, 1.82) is 0 Å². The minimum absolute atomic E-state index is 0.127. The van der Waals surface area contributed by atoms with Gasteiger partial charge in [0.15, 0.2) is 0 Å². The molecule has 0 heterocycles. The maximum atomic E-state index is 11.9. The monoisotopic (exact) mass is 558 g/mol. The molecule has 0 spiro atoms. The van der Waals surface area contributed by atoms with E-state index in [2.05, 4.69) is 6.92 Å². The van der Waals surface area contributed by atoms with Crippen LogP contribution < -0.4 is 4.52 Å². The lowest BCUT2D eigenvalue weighted by Gasteiger charge is -2.27. The maximum absolute atomic E-state index is 11.9. The second-order valence-corrected chi connectivity index (χ2v) is 13.4. The third kappa shape index (κ3) is 18.4. The van der Waals surface area contributed by atoms with E-state index < -0.39 is 8.60 Å². The molecule has 0 atom stereocenters. The molecule has 0 amide bonds. The Hall–Kier alpha value is -0.900. The highest BCUT2D eigenvalue weighted by Gasteiger charge is 2.26. The second-order valence-electron chi connectivity index (χ2n) is 12.7. The third-order valence-corrected chi connectivity index (χ3v) is 7.24. The van der Waals surface area contributed by atoms with Gasteiger partial charge in [0.25, 0.3) is 0 Å². The molecule has 1 aromatic rings. The van der Waals surface area contributed by atoms with E-state index in [-0.39, 0.29) is 23.3 Å². The number of halogens is 1. The molecule has 0 aliphatic carbocycles. The third-order valence-electron chi connectivity index (χ3n) is 6.88. The summed E-state index contributed by atoms with van der Waals surface area (Å²) in [5.41, 5.74) is 0.932. The highest BCUT2D eigenvalue weighted by Crippen LogP contribution is 2.43. The van der Waals surface area contributed by atoms with Gasteiger partial charge in [0.2, 0.25) is 0 Å². The summed E-state index contributed by atoms with van der Waals surface area (Å²) in [6.07, 6.45) is 21.5. The van der Waals surface area contributed by atoms with E-state index in [9.17, 15) is 9.50 Å². The number of alkyl halides is 1. The Kier molecular flexibility index (Phi) is 20.4. The Labute approximate surface area is 235 Å². The van der Waals surface area contributed by atoms with Crippen molar-refractivity contribution < 1.29 is 23.8 Å². The van der Waals surface area contributed by atoms with Gasteiger partial charge in [-0.2, -0.15) is 0 Å². The van der Waals surface area contributed by atoms with Crippen LogP contribution in [-0.4, -0.2) is 21.6 Å². The van der Waals surface area contributed by atoms with Crippen molar-refractivity contribution in [2.75, 3.05) is 6.67 Å². The predicted octanol–water partition coefficient (Wildman–Crippen LogP) is 10.8. The average Bonchev–Trinajstić information content (AvgIpc) is 2.81. The fourth-order valence-electron chi connectivity index (χ4n) is 4.56. The molecule has 0 aliphatic heterocycles. The van der Waals surface area contributed by atoms with Crippen molar-refractivity contribution in [3.8, 4) is 11.5 Å². The van der Waals surface area contributed by atoms with E-state index in [1.54, 1.807) is 12.1 Å². The number of aromatic hydroxyl groups is 1. The van der Waals surface area contributed by atoms with Gasteiger partial charge in [0.05, 0.1) is 6.67 Å². The lowest BCUT2D eigenvalue weighted by Crippen LogP contribution is -2.16. The number of hydrogen-bond donors (Lipinski definition) is 3. The zero-order valence-corrected chi connectivity index (χ0v) is 26.6. The lowest BCUT2D eigenvalue weighted by molar-refractivity contribution is 0.367. The number of hydrogen-bond acceptors (Lipinski definition) is 4.